The summed E-state index contributed by atoms with van der Waals surface area (Å²) in [5.41, 5.74) is 1.48. The molecule has 6 nitrogen and oxygen atoms in total. The number of hydrogen-bond donors (Lipinski definition) is 2. The maximum absolute atomic E-state index is 13.3. The first-order valence-corrected chi connectivity index (χ1v) is 9.90. The molecule has 0 unspecified atom stereocenters. The van der Waals surface area contributed by atoms with Gasteiger partial charge < -0.3 is 20.1 Å². The van der Waals surface area contributed by atoms with Crippen molar-refractivity contribution in [1.82, 2.24) is 0 Å². The van der Waals surface area contributed by atoms with Crippen molar-refractivity contribution in [1.29, 1.82) is 0 Å². The van der Waals surface area contributed by atoms with Crippen LogP contribution in [0.3, 0.4) is 0 Å². The fraction of sp³-hybridized carbons (Fsp3) is 0.364. The lowest BCUT2D eigenvalue weighted by molar-refractivity contribution is -0.121. The van der Waals surface area contributed by atoms with Gasteiger partial charge in [-0.2, -0.15) is 0 Å². The Kier molecular flexibility index (Phi) is 6.77. The minimum atomic E-state index is -0.565. The van der Waals surface area contributed by atoms with E-state index >= 15 is 0 Å². The molecular weight excluding hydrogens is 392 g/mol. The largest absolute Gasteiger partial charge is 0.497 e. The molecular formula is C22H25ClN2O4. The SMILES string of the molecule is COCC(=O)Nc1ccc(NC(=O)C2(c3ccc(OC)cc3)CCCC2)cc1Cl. The molecule has 0 saturated heterocycles. The molecule has 3 rings (SSSR count). The molecule has 0 aromatic heterocycles. The standard InChI is InChI=1S/C22H25ClN2O4/c1-28-14-20(26)25-19-10-7-16(13-18(19)23)24-21(27)22(11-3-4-12-22)15-5-8-17(29-2)9-6-15/h5-10,13H,3-4,11-12,14H2,1-2H3,(H,24,27)(H,25,26). The highest BCUT2D eigenvalue weighted by Crippen LogP contribution is 2.42. The highest BCUT2D eigenvalue weighted by Gasteiger charge is 2.42. The number of carbonyl (C=O) groups excluding carboxylic acids is 2. The van der Waals surface area contributed by atoms with Crippen LogP contribution >= 0.6 is 11.6 Å². The van der Waals surface area contributed by atoms with E-state index in [0.29, 0.717) is 16.4 Å². The number of halogens is 1. The predicted molar refractivity (Wildman–Crippen MR) is 114 cm³/mol. The lowest BCUT2D eigenvalue weighted by Crippen LogP contribution is -2.38. The average Bonchev–Trinajstić information content (AvgIpc) is 3.21. The Bertz CT molecular complexity index is 877. The van der Waals surface area contributed by atoms with Gasteiger partial charge in [0.15, 0.2) is 0 Å². The van der Waals surface area contributed by atoms with Gasteiger partial charge in [-0.3, -0.25) is 9.59 Å². The smallest absolute Gasteiger partial charge is 0.250 e. The van der Waals surface area contributed by atoms with Crippen LogP contribution in [-0.2, 0) is 19.7 Å². The third kappa shape index (κ3) is 4.71. The van der Waals surface area contributed by atoms with E-state index in [2.05, 4.69) is 10.6 Å². The van der Waals surface area contributed by atoms with Crippen LogP contribution in [0.1, 0.15) is 31.2 Å². The maximum Gasteiger partial charge on any atom is 0.250 e. The highest BCUT2D eigenvalue weighted by atomic mass is 35.5. The molecule has 7 heteroatoms. The molecule has 2 aromatic carbocycles. The summed E-state index contributed by atoms with van der Waals surface area (Å²) in [6.45, 7) is -0.0564. The Morgan fingerprint density at radius 1 is 1.03 bits per heavy atom. The van der Waals surface area contributed by atoms with Crippen LogP contribution in [-0.4, -0.2) is 32.6 Å². The van der Waals surface area contributed by atoms with Gasteiger partial charge in [-0.25, -0.2) is 0 Å². The number of methoxy groups -OCH3 is 2. The number of carbonyl (C=O) groups is 2. The van der Waals surface area contributed by atoms with Crippen molar-refractivity contribution in [2.75, 3.05) is 31.5 Å². The minimum Gasteiger partial charge on any atom is -0.497 e. The topological polar surface area (TPSA) is 76.7 Å². The van der Waals surface area contributed by atoms with Gasteiger partial charge in [0.05, 0.1) is 23.2 Å². The molecule has 2 aromatic rings. The van der Waals surface area contributed by atoms with Gasteiger partial charge in [-0.15, -0.1) is 0 Å². The molecule has 2 amide bonds. The highest BCUT2D eigenvalue weighted by molar-refractivity contribution is 6.34. The Morgan fingerprint density at radius 3 is 2.31 bits per heavy atom. The second-order valence-corrected chi connectivity index (χ2v) is 7.55. The van der Waals surface area contributed by atoms with Crippen LogP contribution in [0.2, 0.25) is 5.02 Å². The van der Waals surface area contributed by atoms with Crippen molar-refractivity contribution in [3.63, 3.8) is 0 Å². The monoisotopic (exact) mass is 416 g/mol. The van der Waals surface area contributed by atoms with Gasteiger partial charge in [0, 0.05) is 12.8 Å². The molecule has 0 atom stereocenters. The van der Waals surface area contributed by atoms with Gasteiger partial charge in [-0.05, 0) is 48.7 Å². The summed E-state index contributed by atoms with van der Waals surface area (Å²) in [5.74, 6) is 0.420. The maximum atomic E-state index is 13.3. The Morgan fingerprint density at radius 2 is 1.72 bits per heavy atom. The van der Waals surface area contributed by atoms with E-state index in [-0.39, 0.29) is 18.4 Å². The molecule has 0 bridgehead atoms. The summed E-state index contributed by atoms with van der Waals surface area (Å²) in [5, 5.41) is 6.02. The van der Waals surface area contributed by atoms with E-state index in [1.54, 1.807) is 25.3 Å². The quantitative estimate of drug-likeness (QED) is 0.702. The van der Waals surface area contributed by atoms with Crippen molar-refractivity contribution < 1.29 is 19.1 Å². The van der Waals surface area contributed by atoms with E-state index < -0.39 is 5.41 Å². The van der Waals surface area contributed by atoms with Crippen LogP contribution in [0.25, 0.3) is 0 Å². The van der Waals surface area contributed by atoms with Crippen LogP contribution in [0.4, 0.5) is 11.4 Å². The molecule has 0 radical (unpaired) electrons. The molecule has 0 aliphatic heterocycles. The lowest BCUT2D eigenvalue weighted by atomic mass is 9.78. The number of amides is 2. The van der Waals surface area contributed by atoms with E-state index in [1.165, 1.54) is 7.11 Å². The summed E-state index contributed by atoms with van der Waals surface area (Å²) in [6.07, 6.45) is 3.60. The van der Waals surface area contributed by atoms with Crippen molar-refractivity contribution in [2.45, 2.75) is 31.1 Å². The fourth-order valence-electron chi connectivity index (χ4n) is 3.80. The molecule has 1 saturated carbocycles. The van der Waals surface area contributed by atoms with Crippen LogP contribution in [0.15, 0.2) is 42.5 Å². The van der Waals surface area contributed by atoms with Gasteiger partial charge >= 0.3 is 0 Å². The van der Waals surface area contributed by atoms with Gasteiger partial charge in [0.1, 0.15) is 12.4 Å². The first kappa shape index (κ1) is 21.1. The normalized spacial score (nSPS) is 15.0. The molecule has 1 fully saturated rings. The second kappa shape index (κ2) is 9.29. The second-order valence-electron chi connectivity index (χ2n) is 7.15. The summed E-state index contributed by atoms with van der Waals surface area (Å²) in [7, 11) is 3.07. The molecule has 1 aliphatic carbocycles. The zero-order chi connectivity index (χ0) is 20.9. The van der Waals surface area contributed by atoms with Crippen molar-refractivity contribution in [2.24, 2.45) is 0 Å². The van der Waals surface area contributed by atoms with E-state index in [9.17, 15) is 9.59 Å². The molecule has 0 heterocycles. The first-order valence-electron chi connectivity index (χ1n) is 9.53. The number of ether oxygens (including phenoxy) is 2. The molecule has 29 heavy (non-hydrogen) atoms. The summed E-state index contributed by atoms with van der Waals surface area (Å²) in [6, 6.07) is 12.7. The van der Waals surface area contributed by atoms with Gasteiger partial charge in [0.2, 0.25) is 11.8 Å². The third-order valence-electron chi connectivity index (χ3n) is 5.31. The van der Waals surface area contributed by atoms with E-state index in [1.807, 2.05) is 24.3 Å². The van der Waals surface area contributed by atoms with E-state index in [4.69, 9.17) is 21.1 Å². The number of benzene rings is 2. The Balaban J connectivity index is 1.78. The van der Waals surface area contributed by atoms with Crippen LogP contribution < -0.4 is 15.4 Å². The summed E-state index contributed by atoms with van der Waals surface area (Å²) < 4.78 is 10.0. The molecule has 154 valence electrons. The number of anilines is 2. The number of nitrogens with one attached hydrogen (secondary N) is 2. The Hall–Kier alpha value is -2.57. The first-order chi connectivity index (χ1) is 14.0. The minimum absolute atomic E-state index is 0.0487. The predicted octanol–water partition coefficient (Wildman–Crippen LogP) is 4.38. The average molecular weight is 417 g/mol. The van der Waals surface area contributed by atoms with Crippen LogP contribution in [0, 0.1) is 0 Å². The Labute approximate surface area is 175 Å². The molecule has 0 spiro atoms. The van der Waals surface area contributed by atoms with Gasteiger partial charge in [0.25, 0.3) is 0 Å². The zero-order valence-electron chi connectivity index (χ0n) is 16.6. The zero-order valence-corrected chi connectivity index (χ0v) is 17.3. The molecule has 2 N–H and O–H groups in total. The summed E-state index contributed by atoms with van der Waals surface area (Å²) >= 11 is 6.28. The fourth-order valence-corrected chi connectivity index (χ4v) is 4.03. The third-order valence-corrected chi connectivity index (χ3v) is 5.62. The van der Waals surface area contributed by atoms with Crippen LogP contribution in [0.5, 0.6) is 5.75 Å². The van der Waals surface area contributed by atoms with Crippen molar-refractivity contribution in [3.05, 3.63) is 53.1 Å². The van der Waals surface area contributed by atoms with E-state index in [0.717, 1.165) is 37.0 Å². The molecule has 1 aliphatic rings. The number of hydrogen-bond acceptors (Lipinski definition) is 4. The van der Waals surface area contributed by atoms with Gasteiger partial charge in [-0.1, -0.05) is 36.6 Å². The van der Waals surface area contributed by atoms with Crippen molar-refractivity contribution >= 4 is 34.8 Å². The van der Waals surface area contributed by atoms with Crippen molar-refractivity contribution in [3.8, 4) is 5.75 Å². The lowest BCUT2D eigenvalue weighted by Gasteiger charge is -2.28. The number of rotatable bonds is 7. The summed E-state index contributed by atoms with van der Waals surface area (Å²) in [4.78, 5) is 25.0.